The lowest BCUT2D eigenvalue weighted by molar-refractivity contribution is -0.411. The van der Waals surface area contributed by atoms with Crippen molar-refractivity contribution in [3.63, 3.8) is 0 Å². The molecule has 3 rings (SSSR count). The molecule has 38 heavy (non-hydrogen) atoms. The van der Waals surface area contributed by atoms with Gasteiger partial charge in [0.1, 0.15) is 34.4 Å². The number of carbonyl (C=O) groups is 2. The number of hydrogen-bond acceptors (Lipinski definition) is 5. The van der Waals surface area contributed by atoms with E-state index in [4.69, 9.17) is 10.5 Å². The molecular formula is C23H14F8N2O5. The Balaban J connectivity index is 1.71. The molecule has 0 radical (unpaired) electrons. The third-order valence-corrected chi connectivity index (χ3v) is 4.51. The summed E-state index contributed by atoms with van der Waals surface area (Å²) in [6.45, 7) is 0. The van der Waals surface area contributed by atoms with Crippen LogP contribution in [-0.4, -0.2) is 30.8 Å². The second kappa shape index (κ2) is 10.9. The van der Waals surface area contributed by atoms with Crippen molar-refractivity contribution in [1.82, 2.24) is 0 Å². The first-order chi connectivity index (χ1) is 17.7. The van der Waals surface area contributed by atoms with E-state index in [0.29, 0.717) is 4.90 Å². The van der Waals surface area contributed by atoms with Crippen molar-refractivity contribution in [2.24, 2.45) is 5.73 Å². The van der Waals surface area contributed by atoms with Crippen molar-refractivity contribution >= 4 is 17.6 Å². The number of anilines is 1. The zero-order valence-corrected chi connectivity index (χ0v) is 18.5. The Morgan fingerprint density at radius 1 is 0.789 bits per heavy atom. The summed E-state index contributed by atoms with van der Waals surface area (Å²) in [6.07, 6.45) is -14.8. The molecule has 2 N–H and O–H groups in total. The molecule has 0 aromatic heterocycles. The highest BCUT2D eigenvalue weighted by atomic mass is 19.4. The molecule has 7 nitrogen and oxygen atoms in total. The molecule has 15 heteroatoms. The highest BCUT2D eigenvalue weighted by Crippen LogP contribution is 2.33. The van der Waals surface area contributed by atoms with Crippen molar-refractivity contribution in [3.8, 4) is 17.2 Å². The number of carbonyl (C=O) groups excluding carboxylic acids is 2. The Labute approximate surface area is 207 Å². The van der Waals surface area contributed by atoms with Crippen LogP contribution in [0.2, 0.25) is 0 Å². The van der Waals surface area contributed by atoms with Gasteiger partial charge in [0.2, 0.25) is 0 Å². The van der Waals surface area contributed by atoms with Gasteiger partial charge in [0.15, 0.2) is 0 Å². The van der Waals surface area contributed by atoms with Gasteiger partial charge in [-0.1, -0.05) is 6.07 Å². The van der Waals surface area contributed by atoms with E-state index in [-0.39, 0.29) is 17.2 Å². The third kappa shape index (κ3) is 6.88. The van der Waals surface area contributed by atoms with Crippen LogP contribution in [0.25, 0.3) is 0 Å². The van der Waals surface area contributed by atoms with E-state index in [9.17, 15) is 44.7 Å². The lowest BCUT2D eigenvalue weighted by Gasteiger charge is -2.22. The maximum Gasteiger partial charge on any atom is 0.525 e. The largest absolute Gasteiger partial charge is 0.525 e. The Morgan fingerprint density at radius 2 is 1.26 bits per heavy atom. The summed E-state index contributed by atoms with van der Waals surface area (Å²) in [5.41, 5.74) is 4.03. The SMILES string of the molecule is NC(=O)N(C(=O)c1c(F)cccc1F)c1ccc(Oc2ccc(OC(F)(F)C(F)OC(F)(F)F)cc2)cc1. The van der Waals surface area contributed by atoms with Crippen molar-refractivity contribution in [1.29, 1.82) is 0 Å². The summed E-state index contributed by atoms with van der Waals surface area (Å²) in [6, 6.07) is 9.84. The molecule has 202 valence electrons. The van der Waals surface area contributed by atoms with Gasteiger partial charge in [-0.3, -0.25) is 4.79 Å². The van der Waals surface area contributed by atoms with Gasteiger partial charge < -0.3 is 15.2 Å². The molecule has 1 unspecified atom stereocenters. The highest BCUT2D eigenvalue weighted by Gasteiger charge is 2.50. The molecule has 0 aliphatic carbocycles. The maximum atomic E-state index is 14.0. The van der Waals surface area contributed by atoms with Crippen LogP contribution in [0.1, 0.15) is 10.4 Å². The number of ether oxygens (including phenoxy) is 3. The molecule has 0 saturated heterocycles. The number of benzene rings is 3. The smallest absolute Gasteiger partial charge is 0.457 e. The number of alkyl halides is 6. The Hall–Kier alpha value is -4.40. The predicted molar refractivity (Wildman–Crippen MR) is 113 cm³/mol. The van der Waals surface area contributed by atoms with Crippen molar-refractivity contribution in [2.75, 3.05) is 4.90 Å². The van der Waals surface area contributed by atoms with Crippen LogP contribution in [0, 0.1) is 11.6 Å². The van der Waals surface area contributed by atoms with Gasteiger partial charge in [0.25, 0.3) is 5.91 Å². The standard InChI is InChI=1S/C23H14F8N2O5/c24-16-2-1-3-17(25)18(16)19(34)33(21(32)35)12-4-6-13(7-5-12)36-14-8-10-15(11-9-14)37-22(27,28)20(26)38-23(29,30)31/h1-11,20H,(H2,32,35). The molecular weight excluding hydrogens is 536 g/mol. The number of halogens is 8. The fourth-order valence-corrected chi connectivity index (χ4v) is 2.92. The fourth-order valence-electron chi connectivity index (χ4n) is 2.92. The Kier molecular flexibility index (Phi) is 8.10. The molecule has 3 aromatic rings. The summed E-state index contributed by atoms with van der Waals surface area (Å²) < 4.78 is 116. The van der Waals surface area contributed by atoms with Crippen molar-refractivity contribution in [3.05, 3.63) is 83.9 Å². The lowest BCUT2D eigenvalue weighted by atomic mass is 10.1. The molecule has 0 saturated carbocycles. The van der Waals surface area contributed by atoms with Crippen LogP contribution in [-0.2, 0) is 4.74 Å². The lowest BCUT2D eigenvalue weighted by Crippen LogP contribution is -2.41. The number of rotatable bonds is 8. The van der Waals surface area contributed by atoms with Gasteiger partial charge in [-0.15, -0.1) is 13.2 Å². The van der Waals surface area contributed by atoms with Gasteiger partial charge >= 0.3 is 24.9 Å². The number of hydrogen-bond donors (Lipinski definition) is 1. The van der Waals surface area contributed by atoms with Crippen LogP contribution < -0.4 is 20.1 Å². The minimum Gasteiger partial charge on any atom is -0.457 e. The summed E-state index contributed by atoms with van der Waals surface area (Å²) in [5.74, 6) is -4.48. The van der Waals surface area contributed by atoms with E-state index in [1.54, 1.807) is 0 Å². The Bertz CT molecular complexity index is 1280. The molecule has 1 atom stereocenters. The third-order valence-electron chi connectivity index (χ3n) is 4.51. The summed E-state index contributed by atoms with van der Waals surface area (Å²) in [7, 11) is 0. The van der Waals surface area contributed by atoms with Gasteiger partial charge in [0, 0.05) is 0 Å². The van der Waals surface area contributed by atoms with Crippen LogP contribution in [0.15, 0.2) is 66.7 Å². The number of urea groups is 1. The van der Waals surface area contributed by atoms with Crippen LogP contribution in [0.5, 0.6) is 17.2 Å². The van der Waals surface area contributed by atoms with E-state index >= 15 is 0 Å². The second-order valence-electron chi connectivity index (χ2n) is 7.19. The average molecular weight is 550 g/mol. The maximum absolute atomic E-state index is 14.0. The topological polar surface area (TPSA) is 91.1 Å². The van der Waals surface area contributed by atoms with Crippen molar-refractivity contribution < 1.29 is 58.9 Å². The molecule has 3 aromatic carbocycles. The average Bonchev–Trinajstić information content (AvgIpc) is 2.80. The van der Waals surface area contributed by atoms with Gasteiger partial charge in [-0.05, 0) is 60.7 Å². The predicted octanol–water partition coefficient (Wildman–Crippen LogP) is 6.29. The van der Waals surface area contributed by atoms with Crippen LogP contribution >= 0.6 is 0 Å². The summed E-state index contributed by atoms with van der Waals surface area (Å²) in [5, 5.41) is 0. The molecule has 0 aliphatic rings. The number of nitrogens with zero attached hydrogens (tertiary/aromatic N) is 1. The first kappa shape index (κ1) is 28.2. The summed E-state index contributed by atoms with van der Waals surface area (Å²) >= 11 is 0. The minimum absolute atomic E-state index is 0.00647. The van der Waals surface area contributed by atoms with E-state index in [1.165, 1.54) is 12.1 Å². The monoisotopic (exact) mass is 550 g/mol. The van der Waals surface area contributed by atoms with Crippen molar-refractivity contribution in [2.45, 2.75) is 18.8 Å². The molecule has 0 spiro atoms. The number of nitrogens with two attached hydrogens (primary N) is 1. The molecule has 0 fully saturated rings. The fraction of sp³-hybridized carbons (Fsp3) is 0.130. The molecule has 3 amide bonds. The van der Waals surface area contributed by atoms with E-state index in [1.807, 2.05) is 0 Å². The van der Waals surface area contributed by atoms with Gasteiger partial charge in [-0.2, -0.15) is 8.78 Å². The quantitative estimate of drug-likeness (QED) is 0.333. The Morgan fingerprint density at radius 3 is 1.74 bits per heavy atom. The zero-order chi connectivity index (χ0) is 28.3. The molecule has 0 aliphatic heterocycles. The zero-order valence-electron chi connectivity index (χ0n) is 18.5. The van der Waals surface area contributed by atoms with Crippen LogP contribution in [0.3, 0.4) is 0 Å². The number of amides is 3. The number of imide groups is 1. The second-order valence-corrected chi connectivity index (χ2v) is 7.19. The molecule has 0 heterocycles. The minimum atomic E-state index is -5.66. The molecule has 0 bridgehead atoms. The summed E-state index contributed by atoms with van der Waals surface area (Å²) in [4.78, 5) is 24.8. The normalized spacial score (nSPS) is 12.5. The van der Waals surface area contributed by atoms with E-state index in [0.717, 1.165) is 54.6 Å². The first-order valence-electron chi connectivity index (χ1n) is 10.1. The van der Waals surface area contributed by atoms with Gasteiger partial charge in [-0.25, -0.2) is 27.6 Å². The van der Waals surface area contributed by atoms with Crippen LogP contribution in [0.4, 0.5) is 45.6 Å². The highest BCUT2D eigenvalue weighted by molar-refractivity contribution is 6.20. The van der Waals surface area contributed by atoms with Gasteiger partial charge in [0.05, 0.1) is 5.69 Å². The first-order valence-corrected chi connectivity index (χ1v) is 10.1. The number of primary amides is 1. The van der Waals surface area contributed by atoms with E-state index in [2.05, 4.69) is 9.47 Å². The van der Waals surface area contributed by atoms with E-state index < -0.39 is 53.7 Å².